The number of halogens is 1. The van der Waals surface area contributed by atoms with Crippen LogP contribution in [0.25, 0.3) is 0 Å². The molecule has 0 saturated carbocycles. The van der Waals surface area contributed by atoms with Gasteiger partial charge in [-0.3, -0.25) is 0 Å². The van der Waals surface area contributed by atoms with Crippen molar-refractivity contribution in [1.82, 2.24) is 10.3 Å². The van der Waals surface area contributed by atoms with E-state index in [0.29, 0.717) is 5.56 Å². The van der Waals surface area contributed by atoms with E-state index in [-0.39, 0.29) is 0 Å². The molecule has 0 aliphatic carbocycles. The number of carbonyl (C=O) groups is 2. The van der Waals surface area contributed by atoms with E-state index in [1.54, 1.807) is 32.9 Å². The van der Waals surface area contributed by atoms with Gasteiger partial charge >= 0.3 is 12.1 Å². The number of alkyl carbamates (subject to hydrolysis) is 1. The van der Waals surface area contributed by atoms with E-state index in [9.17, 15) is 14.7 Å². The van der Waals surface area contributed by atoms with Crippen LogP contribution in [-0.4, -0.2) is 53.0 Å². The number of nitrogens with zero attached hydrogens (tertiary/aromatic N) is 2. The Bertz CT molecular complexity index is 641. The number of carbonyl (C=O) groups excluding carboxylic acids is 2. The molecule has 2 unspecified atom stereocenters. The number of alkyl halides is 1. The quantitative estimate of drug-likeness (QED) is 0.559. The van der Waals surface area contributed by atoms with Gasteiger partial charge in [0.2, 0.25) is 0 Å². The Kier molecular flexibility index (Phi) is 7.26. The van der Waals surface area contributed by atoms with Gasteiger partial charge in [0.15, 0.2) is 12.1 Å². The molecule has 2 rings (SSSR count). The van der Waals surface area contributed by atoms with Crippen molar-refractivity contribution in [3.05, 3.63) is 23.9 Å². The molecule has 2 heterocycles. The first kappa shape index (κ1) is 21.2. The molecule has 1 aromatic heterocycles. The van der Waals surface area contributed by atoms with Crippen LogP contribution in [0.1, 0.15) is 45.3 Å². The zero-order chi connectivity index (χ0) is 20.0. The second-order valence-corrected chi connectivity index (χ2v) is 7.50. The molecule has 1 amide bonds. The molecule has 150 valence electrons. The van der Waals surface area contributed by atoms with Gasteiger partial charge in [-0.25, -0.2) is 14.6 Å². The van der Waals surface area contributed by atoms with Crippen molar-refractivity contribution in [3.63, 3.8) is 0 Å². The van der Waals surface area contributed by atoms with Gasteiger partial charge in [-0.05, 0) is 39.7 Å². The number of amides is 1. The Labute approximate surface area is 163 Å². The lowest BCUT2D eigenvalue weighted by atomic mass is 10.0. The second-order valence-electron chi connectivity index (χ2n) is 7.29. The summed E-state index contributed by atoms with van der Waals surface area (Å²) in [6.07, 6.45) is 1.51. The summed E-state index contributed by atoms with van der Waals surface area (Å²) < 4.78 is 9.90. The van der Waals surface area contributed by atoms with Crippen LogP contribution >= 0.6 is 11.6 Å². The highest BCUT2D eigenvalue weighted by molar-refractivity contribution is 6.17. The van der Waals surface area contributed by atoms with Crippen LogP contribution in [0.5, 0.6) is 0 Å². The molecule has 1 aliphatic rings. The predicted octanol–water partition coefficient (Wildman–Crippen LogP) is 2.35. The maximum absolute atomic E-state index is 12.2. The van der Waals surface area contributed by atoms with Crippen molar-refractivity contribution in [2.75, 3.05) is 24.1 Å². The predicted molar refractivity (Wildman–Crippen MR) is 101 cm³/mol. The van der Waals surface area contributed by atoms with Crippen molar-refractivity contribution in [3.8, 4) is 0 Å². The molecule has 0 spiro atoms. The third-order valence-corrected chi connectivity index (χ3v) is 4.09. The van der Waals surface area contributed by atoms with Gasteiger partial charge in [0.1, 0.15) is 17.5 Å². The summed E-state index contributed by atoms with van der Waals surface area (Å²) in [5.74, 6) is -0.0598. The lowest BCUT2D eigenvalue weighted by Gasteiger charge is -2.25. The molecular weight excluding hydrogens is 374 g/mol. The van der Waals surface area contributed by atoms with Crippen LogP contribution in [0.2, 0.25) is 0 Å². The number of aromatic nitrogens is 1. The molecule has 1 aliphatic heterocycles. The Hall–Kier alpha value is -2.06. The topological polar surface area (TPSA) is 101 Å². The molecule has 2 atom stereocenters. The van der Waals surface area contributed by atoms with Gasteiger partial charge in [-0.1, -0.05) is 17.7 Å². The lowest BCUT2D eigenvalue weighted by Crippen LogP contribution is -2.47. The summed E-state index contributed by atoms with van der Waals surface area (Å²) in [5.41, 5.74) is -0.389. The molecule has 1 saturated heterocycles. The van der Waals surface area contributed by atoms with Crippen LogP contribution < -0.4 is 10.2 Å². The highest BCUT2D eigenvalue weighted by atomic mass is 35.5. The highest BCUT2D eigenvalue weighted by Crippen LogP contribution is 2.22. The van der Waals surface area contributed by atoms with Crippen molar-refractivity contribution < 1.29 is 24.2 Å². The van der Waals surface area contributed by atoms with Crippen LogP contribution in [0.15, 0.2) is 18.3 Å². The van der Waals surface area contributed by atoms with Gasteiger partial charge in [0, 0.05) is 24.8 Å². The molecule has 27 heavy (non-hydrogen) atoms. The first-order chi connectivity index (χ1) is 12.7. The summed E-state index contributed by atoms with van der Waals surface area (Å²) in [6, 6.07) is 1.67. The normalized spacial score (nSPS) is 16.6. The standard InChI is InChI=1S/C18H26ClN3O5/c1-18(2,3)27-17(25)21-14(16(24)26-11-19)15(23)12-6-7-13(20-10-12)22-8-4-5-9-22/h6-7,10,14-15,23H,4-5,8-9,11H2,1-3H3,(H,21,25). The average molecular weight is 400 g/mol. The van der Waals surface area contributed by atoms with Gasteiger partial charge in [-0.15, -0.1) is 0 Å². The Balaban J connectivity index is 2.13. The number of ether oxygens (including phenoxy) is 2. The number of hydrogen-bond donors (Lipinski definition) is 2. The molecule has 0 aromatic carbocycles. The SMILES string of the molecule is CC(C)(C)OC(=O)NC(C(=O)OCCl)C(O)c1ccc(N2CCCC2)nc1. The molecule has 2 N–H and O–H groups in total. The Morgan fingerprint density at radius 3 is 2.52 bits per heavy atom. The summed E-state index contributed by atoms with van der Waals surface area (Å²) in [7, 11) is 0. The average Bonchev–Trinajstić information content (AvgIpc) is 3.12. The second kappa shape index (κ2) is 9.23. The molecule has 1 fully saturated rings. The first-order valence-electron chi connectivity index (χ1n) is 8.82. The molecule has 9 heteroatoms. The lowest BCUT2D eigenvalue weighted by molar-refractivity contribution is -0.147. The van der Waals surface area contributed by atoms with Crippen molar-refractivity contribution in [1.29, 1.82) is 0 Å². The molecule has 1 aromatic rings. The minimum absolute atomic E-state index is 0.366. The maximum Gasteiger partial charge on any atom is 0.408 e. The van der Waals surface area contributed by atoms with E-state index in [0.717, 1.165) is 31.7 Å². The van der Waals surface area contributed by atoms with Crippen molar-refractivity contribution in [2.45, 2.75) is 51.4 Å². The van der Waals surface area contributed by atoms with Gasteiger partial charge in [0.05, 0.1) is 0 Å². The zero-order valence-electron chi connectivity index (χ0n) is 15.8. The van der Waals surface area contributed by atoms with E-state index < -0.39 is 35.9 Å². The van der Waals surface area contributed by atoms with Gasteiger partial charge in [-0.2, -0.15) is 0 Å². The zero-order valence-corrected chi connectivity index (χ0v) is 16.5. The third kappa shape index (κ3) is 6.25. The number of hydrogen-bond acceptors (Lipinski definition) is 7. The number of aliphatic hydroxyl groups is 1. The minimum atomic E-state index is -1.38. The summed E-state index contributed by atoms with van der Waals surface area (Å²) in [6.45, 7) is 6.96. The summed E-state index contributed by atoms with van der Waals surface area (Å²) >= 11 is 5.44. The minimum Gasteiger partial charge on any atom is -0.448 e. The van der Waals surface area contributed by atoms with Crippen molar-refractivity contribution >= 4 is 29.5 Å². The van der Waals surface area contributed by atoms with E-state index in [1.165, 1.54) is 6.20 Å². The number of rotatable bonds is 6. The number of pyridine rings is 1. The summed E-state index contributed by atoms with van der Waals surface area (Å²) in [4.78, 5) is 30.7. The summed E-state index contributed by atoms with van der Waals surface area (Å²) in [5, 5.41) is 13.0. The first-order valence-corrected chi connectivity index (χ1v) is 9.36. The smallest absolute Gasteiger partial charge is 0.408 e. The molecule has 8 nitrogen and oxygen atoms in total. The van der Waals surface area contributed by atoms with E-state index in [2.05, 4.69) is 15.2 Å². The number of nitrogens with one attached hydrogen (secondary N) is 1. The fourth-order valence-electron chi connectivity index (χ4n) is 2.74. The molecule has 0 bridgehead atoms. The fraction of sp³-hybridized carbons (Fsp3) is 0.611. The Morgan fingerprint density at radius 2 is 2.00 bits per heavy atom. The Morgan fingerprint density at radius 1 is 1.33 bits per heavy atom. The van der Waals surface area contributed by atoms with E-state index in [1.807, 2.05) is 0 Å². The van der Waals surface area contributed by atoms with E-state index in [4.69, 9.17) is 21.1 Å². The molecular formula is C18H26ClN3O5. The monoisotopic (exact) mass is 399 g/mol. The maximum atomic E-state index is 12.2. The number of esters is 1. The van der Waals surface area contributed by atoms with Crippen LogP contribution in [0, 0.1) is 0 Å². The van der Waals surface area contributed by atoms with Crippen molar-refractivity contribution in [2.24, 2.45) is 0 Å². The number of aliphatic hydroxyl groups excluding tert-OH is 1. The highest BCUT2D eigenvalue weighted by Gasteiger charge is 2.33. The van der Waals surface area contributed by atoms with Crippen LogP contribution in [0.3, 0.4) is 0 Å². The fourth-order valence-corrected chi connectivity index (χ4v) is 2.85. The van der Waals surface area contributed by atoms with Gasteiger partial charge < -0.3 is 24.8 Å². The largest absolute Gasteiger partial charge is 0.448 e. The molecule has 0 radical (unpaired) electrons. The van der Waals surface area contributed by atoms with Crippen LogP contribution in [0.4, 0.5) is 10.6 Å². The van der Waals surface area contributed by atoms with Gasteiger partial charge in [0.25, 0.3) is 0 Å². The van der Waals surface area contributed by atoms with E-state index >= 15 is 0 Å². The third-order valence-electron chi connectivity index (χ3n) is 3.98. The number of anilines is 1. The van der Waals surface area contributed by atoms with Crippen LogP contribution in [-0.2, 0) is 14.3 Å².